The van der Waals surface area contributed by atoms with Gasteiger partial charge in [-0.15, -0.1) is 0 Å². The van der Waals surface area contributed by atoms with Gasteiger partial charge in [-0.1, -0.05) is 19.3 Å². The van der Waals surface area contributed by atoms with Crippen molar-refractivity contribution >= 4 is 26.4 Å². The van der Waals surface area contributed by atoms with Gasteiger partial charge in [-0.3, -0.25) is 0 Å². The Bertz CT molecular complexity index is 502. The van der Waals surface area contributed by atoms with Gasteiger partial charge in [0.25, 0.3) is 0 Å². The fraction of sp³-hybridized carbons (Fsp3) is 1.00. The lowest BCUT2D eigenvalue weighted by atomic mass is 10.00. The Morgan fingerprint density at radius 1 is 0.500 bits per heavy atom. The smallest absolute Gasteiger partial charge is 0.372 e. The second-order valence-electron chi connectivity index (χ2n) is 10.5. The van der Waals surface area contributed by atoms with Gasteiger partial charge < -0.3 is 25.6 Å². The van der Waals surface area contributed by atoms with Gasteiger partial charge in [-0.05, 0) is 80.1 Å². The van der Waals surface area contributed by atoms with Gasteiger partial charge in [0, 0.05) is 34.9 Å². The maximum absolute atomic E-state index is 7.09. The van der Waals surface area contributed by atoms with E-state index in [4.69, 9.17) is 25.6 Å². The summed E-state index contributed by atoms with van der Waals surface area (Å²) in [5, 5.41) is 0. The second kappa shape index (κ2) is 8.98. The van der Waals surface area contributed by atoms with Gasteiger partial charge >= 0.3 is 26.4 Å². The third kappa shape index (κ3) is 4.43. The van der Waals surface area contributed by atoms with Crippen LogP contribution in [-0.2, 0) is 25.6 Å². The Balaban J connectivity index is 1.79. The van der Waals surface area contributed by atoms with Crippen LogP contribution in [0.4, 0.5) is 0 Å². The number of rotatable bonds is 9. The summed E-state index contributed by atoms with van der Waals surface area (Å²) in [6.07, 6.45) is 10.5. The van der Waals surface area contributed by atoms with Crippen molar-refractivity contribution in [2.45, 2.75) is 134 Å². The lowest BCUT2D eigenvalue weighted by Gasteiger charge is -2.59. The molecule has 4 aliphatic rings. The maximum Gasteiger partial charge on any atom is 0.489 e. The molecule has 4 fully saturated rings. The van der Waals surface area contributed by atoms with Crippen LogP contribution in [0.25, 0.3) is 0 Å². The molecule has 1 heterocycles. The Labute approximate surface area is 186 Å². The summed E-state index contributed by atoms with van der Waals surface area (Å²) in [7, 11) is -9.03. The SMILES string of the molecule is CC(C)O[Si]1(C2CCC2)O[Si](OC(C)C)(C2CCC2)O[Si](OC(C)C)(C2CCC2)O1. The lowest BCUT2D eigenvalue weighted by molar-refractivity contribution is -0.0368. The molecule has 0 aromatic carbocycles. The Morgan fingerprint density at radius 2 is 0.733 bits per heavy atom. The molecule has 0 aromatic rings. The van der Waals surface area contributed by atoms with E-state index >= 15 is 0 Å². The monoisotopic (exact) mass is 474 g/mol. The fourth-order valence-electron chi connectivity index (χ4n) is 4.86. The Morgan fingerprint density at radius 3 is 0.867 bits per heavy atom. The third-order valence-electron chi connectivity index (χ3n) is 6.87. The molecule has 1 aliphatic heterocycles. The molecule has 4 rings (SSSR count). The first-order valence-corrected chi connectivity index (χ1v) is 17.7. The van der Waals surface area contributed by atoms with Gasteiger partial charge in [0.1, 0.15) is 0 Å². The predicted molar refractivity (Wildman–Crippen MR) is 122 cm³/mol. The van der Waals surface area contributed by atoms with Crippen molar-refractivity contribution in [2.24, 2.45) is 0 Å². The van der Waals surface area contributed by atoms with Crippen molar-refractivity contribution in [3.05, 3.63) is 0 Å². The van der Waals surface area contributed by atoms with Gasteiger partial charge in [-0.25, -0.2) is 0 Å². The first kappa shape index (κ1) is 23.6. The van der Waals surface area contributed by atoms with Crippen LogP contribution in [0.3, 0.4) is 0 Å². The van der Waals surface area contributed by atoms with Crippen LogP contribution in [0.5, 0.6) is 0 Å². The van der Waals surface area contributed by atoms with Gasteiger partial charge in [-0.2, -0.15) is 0 Å². The van der Waals surface area contributed by atoms with E-state index in [-0.39, 0.29) is 18.3 Å². The standard InChI is InChI=1S/C21H42O6Si3/c1-16(2)22-28(19-10-7-11-19)25-29(23-17(3)4,20-12-8-13-20)27-30(26-28,24-18(5)6)21-14-9-15-21/h16-21H,7-15H2,1-6H3. The zero-order valence-electron chi connectivity index (χ0n) is 19.8. The van der Waals surface area contributed by atoms with Crippen molar-refractivity contribution in [3.63, 3.8) is 0 Å². The molecule has 9 heteroatoms. The molecule has 3 aliphatic carbocycles. The number of hydrogen-bond acceptors (Lipinski definition) is 6. The first-order valence-electron chi connectivity index (χ1n) is 12.3. The summed E-state index contributed by atoms with van der Waals surface area (Å²) in [5.74, 6) is 0. The number of hydrogen-bond donors (Lipinski definition) is 0. The van der Waals surface area contributed by atoms with Crippen LogP contribution in [-0.4, -0.2) is 44.7 Å². The first-order chi connectivity index (χ1) is 14.2. The highest BCUT2D eigenvalue weighted by molar-refractivity contribution is 6.90. The van der Waals surface area contributed by atoms with E-state index < -0.39 is 26.4 Å². The van der Waals surface area contributed by atoms with Crippen LogP contribution in [0.2, 0.25) is 16.6 Å². The molecule has 174 valence electrons. The molecule has 6 nitrogen and oxygen atoms in total. The van der Waals surface area contributed by atoms with Crippen molar-refractivity contribution in [3.8, 4) is 0 Å². The van der Waals surface area contributed by atoms with E-state index in [2.05, 4.69) is 41.5 Å². The molecule has 0 aromatic heterocycles. The Kier molecular flexibility index (Phi) is 7.06. The van der Waals surface area contributed by atoms with Crippen molar-refractivity contribution < 1.29 is 25.6 Å². The largest absolute Gasteiger partial charge is 0.489 e. The molecule has 0 radical (unpaired) electrons. The van der Waals surface area contributed by atoms with Gasteiger partial charge in [0.2, 0.25) is 0 Å². The molecule has 30 heavy (non-hydrogen) atoms. The topological polar surface area (TPSA) is 55.4 Å². The predicted octanol–water partition coefficient (Wildman–Crippen LogP) is 5.80. The minimum absolute atomic E-state index is 0.0506. The summed E-state index contributed by atoms with van der Waals surface area (Å²) < 4.78 is 41.4. The van der Waals surface area contributed by atoms with E-state index in [9.17, 15) is 0 Å². The summed E-state index contributed by atoms with van der Waals surface area (Å²) in [4.78, 5) is 0. The van der Waals surface area contributed by atoms with Crippen molar-refractivity contribution in [2.75, 3.05) is 0 Å². The van der Waals surface area contributed by atoms with E-state index in [0.29, 0.717) is 16.6 Å². The molecule has 0 spiro atoms. The van der Waals surface area contributed by atoms with Crippen molar-refractivity contribution in [1.82, 2.24) is 0 Å². The molecule has 0 unspecified atom stereocenters. The molecule has 1 saturated heterocycles. The third-order valence-corrected chi connectivity index (χ3v) is 20.8. The average Bonchev–Trinajstić information content (AvgIpc) is 2.35. The average molecular weight is 475 g/mol. The zero-order valence-corrected chi connectivity index (χ0v) is 22.8. The summed E-state index contributed by atoms with van der Waals surface area (Å²) >= 11 is 0. The zero-order chi connectivity index (χ0) is 21.6. The molecule has 3 saturated carbocycles. The van der Waals surface area contributed by atoms with Crippen LogP contribution >= 0.6 is 0 Å². The minimum Gasteiger partial charge on any atom is -0.372 e. The summed E-state index contributed by atoms with van der Waals surface area (Å²) in [5.41, 5.74) is 1.07. The quantitative estimate of drug-likeness (QED) is 0.393. The molecule has 0 N–H and O–H groups in total. The minimum atomic E-state index is -3.01. The van der Waals surface area contributed by atoms with Crippen molar-refractivity contribution in [1.29, 1.82) is 0 Å². The van der Waals surface area contributed by atoms with Crippen LogP contribution in [0, 0.1) is 0 Å². The van der Waals surface area contributed by atoms with E-state index in [1.807, 2.05) is 0 Å². The highest BCUT2D eigenvalue weighted by Crippen LogP contribution is 2.57. The Hall–Kier alpha value is 0.411. The van der Waals surface area contributed by atoms with E-state index in [1.165, 1.54) is 19.3 Å². The molecular formula is C21H42O6Si3. The molecule has 0 bridgehead atoms. The highest BCUT2D eigenvalue weighted by Gasteiger charge is 2.75. The van der Waals surface area contributed by atoms with Crippen LogP contribution in [0.1, 0.15) is 99.3 Å². The van der Waals surface area contributed by atoms with E-state index in [1.54, 1.807) is 0 Å². The molecule has 0 atom stereocenters. The summed E-state index contributed by atoms with van der Waals surface area (Å²) in [6, 6.07) is 0. The van der Waals surface area contributed by atoms with Crippen LogP contribution < -0.4 is 0 Å². The second-order valence-corrected chi connectivity index (χ2v) is 19.7. The van der Waals surface area contributed by atoms with Gasteiger partial charge in [0.05, 0.1) is 0 Å². The summed E-state index contributed by atoms with van der Waals surface area (Å²) in [6.45, 7) is 12.6. The molecular weight excluding hydrogens is 432 g/mol. The highest BCUT2D eigenvalue weighted by atomic mass is 28.5. The van der Waals surface area contributed by atoms with E-state index in [0.717, 1.165) is 38.5 Å². The normalized spacial score (nSPS) is 38.7. The maximum atomic E-state index is 7.09. The van der Waals surface area contributed by atoms with Crippen LogP contribution in [0.15, 0.2) is 0 Å². The molecule has 0 amide bonds. The lowest BCUT2D eigenvalue weighted by Crippen LogP contribution is -2.78. The van der Waals surface area contributed by atoms with Gasteiger partial charge in [0.15, 0.2) is 0 Å². The fourth-order valence-corrected chi connectivity index (χ4v) is 22.3.